The van der Waals surface area contributed by atoms with Gasteiger partial charge in [-0.15, -0.1) is 0 Å². The summed E-state index contributed by atoms with van der Waals surface area (Å²) in [4.78, 5) is 2.52. The second-order valence-electron chi connectivity index (χ2n) is 5.63. The van der Waals surface area contributed by atoms with E-state index in [0.717, 1.165) is 5.92 Å². The van der Waals surface area contributed by atoms with Crippen molar-refractivity contribution in [1.29, 1.82) is 0 Å². The van der Waals surface area contributed by atoms with Crippen LogP contribution in [0.15, 0.2) is 54.6 Å². The molecule has 0 radical (unpaired) electrons. The summed E-state index contributed by atoms with van der Waals surface area (Å²) in [6, 6.07) is 19.8. The van der Waals surface area contributed by atoms with Gasteiger partial charge in [0.2, 0.25) is 0 Å². The maximum atomic E-state index is 2.52. The molecule has 0 amide bonds. The molecule has 1 fully saturated rings. The van der Waals surface area contributed by atoms with Gasteiger partial charge in [0.15, 0.2) is 0 Å². The zero-order valence-corrected chi connectivity index (χ0v) is 11.5. The molecular formula is C18H21N. The Labute approximate surface area is 115 Å². The molecule has 1 nitrogen and oxygen atoms in total. The van der Waals surface area contributed by atoms with Crippen LogP contribution in [0, 0.1) is 12.8 Å². The first-order valence-corrected chi connectivity index (χ1v) is 7.17. The van der Waals surface area contributed by atoms with E-state index in [2.05, 4.69) is 66.4 Å². The van der Waals surface area contributed by atoms with Crippen LogP contribution in [-0.4, -0.2) is 13.1 Å². The number of aryl methyl sites for hydroxylation is 1. The first-order valence-electron chi connectivity index (χ1n) is 7.17. The van der Waals surface area contributed by atoms with Crippen molar-refractivity contribution in [2.24, 2.45) is 5.92 Å². The highest BCUT2D eigenvalue weighted by Gasteiger charge is 2.22. The van der Waals surface area contributed by atoms with Crippen LogP contribution in [0.3, 0.4) is 0 Å². The fourth-order valence-corrected chi connectivity index (χ4v) is 2.94. The SMILES string of the molecule is Cc1ccc(N2CC[C@H](Cc3ccccc3)C2)cc1. The Morgan fingerprint density at radius 1 is 1.00 bits per heavy atom. The van der Waals surface area contributed by atoms with E-state index < -0.39 is 0 Å². The smallest absolute Gasteiger partial charge is 0.0366 e. The third kappa shape index (κ3) is 2.98. The van der Waals surface area contributed by atoms with Gasteiger partial charge in [-0.1, -0.05) is 48.0 Å². The highest BCUT2D eigenvalue weighted by Crippen LogP contribution is 2.26. The number of anilines is 1. The van der Waals surface area contributed by atoms with Crippen LogP contribution in [-0.2, 0) is 6.42 Å². The van der Waals surface area contributed by atoms with Gasteiger partial charge in [-0.25, -0.2) is 0 Å². The molecule has 0 N–H and O–H groups in total. The van der Waals surface area contributed by atoms with Crippen molar-refractivity contribution >= 4 is 5.69 Å². The van der Waals surface area contributed by atoms with Crippen LogP contribution < -0.4 is 4.90 Å². The number of hydrogen-bond donors (Lipinski definition) is 0. The van der Waals surface area contributed by atoms with Crippen LogP contribution in [0.1, 0.15) is 17.5 Å². The van der Waals surface area contributed by atoms with Crippen molar-refractivity contribution in [3.63, 3.8) is 0 Å². The number of nitrogens with zero attached hydrogens (tertiary/aromatic N) is 1. The van der Waals surface area contributed by atoms with Crippen molar-refractivity contribution in [2.45, 2.75) is 19.8 Å². The Morgan fingerprint density at radius 3 is 2.47 bits per heavy atom. The Morgan fingerprint density at radius 2 is 1.74 bits per heavy atom. The maximum absolute atomic E-state index is 2.52. The third-order valence-corrected chi connectivity index (χ3v) is 4.05. The van der Waals surface area contributed by atoms with E-state index in [9.17, 15) is 0 Å². The minimum absolute atomic E-state index is 0.795. The zero-order valence-electron chi connectivity index (χ0n) is 11.5. The summed E-state index contributed by atoms with van der Waals surface area (Å²) in [6.07, 6.45) is 2.52. The Hall–Kier alpha value is -1.76. The summed E-state index contributed by atoms with van der Waals surface area (Å²) in [5.74, 6) is 0.795. The van der Waals surface area contributed by atoms with Gasteiger partial charge < -0.3 is 4.90 Å². The molecule has 98 valence electrons. The van der Waals surface area contributed by atoms with Crippen molar-refractivity contribution in [2.75, 3.05) is 18.0 Å². The van der Waals surface area contributed by atoms with Gasteiger partial charge in [0, 0.05) is 18.8 Å². The maximum Gasteiger partial charge on any atom is 0.0366 e. The molecule has 2 aromatic rings. The van der Waals surface area contributed by atoms with E-state index in [1.807, 2.05) is 0 Å². The fourth-order valence-electron chi connectivity index (χ4n) is 2.94. The molecule has 0 spiro atoms. The van der Waals surface area contributed by atoms with Crippen LogP contribution in [0.2, 0.25) is 0 Å². The Balaban J connectivity index is 1.62. The number of hydrogen-bond acceptors (Lipinski definition) is 1. The van der Waals surface area contributed by atoms with E-state index in [4.69, 9.17) is 0 Å². The monoisotopic (exact) mass is 251 g/mol. The van der Waals surface area contributed by atoms with Crippen LogP contribution in [0.25, 0.3) is 0 Å². The van der Waals surface area contributed by atoms with Gasteiger partial charge in [0.05, 0.1) is 0 Å². The van der Waals surface area contributed by atoms with E-state index in [1.54, 1.807) is 0 Å². The molecule has 2 aromatic carbocycles. The van der Waals surface area contributed by atoms with Crippen molar-refractivity contribution in [3.8, 4) is 0 Å². The van der Waals surface area contributed by atoms with Crippen LogP contribution in [0.5, 0.6) is 0 Å². The highest BCUT2D eigenvalue weighted by atomic mass is 15.1. The summed E-state index contributed by atoms with van der Waals surface area (Å²) < 4.78 is 0. The molecule has 1 heterocycles. The molecule has 0 bridgehead atoms. The van der Waals surface area contributed by atoms with Gasteiger partial charge in [-0.05, 0) is 43.4 Å². The third-order valence-electron chi connectivity index (χ3n) is 4.05. The Bertz CT molecular complexity index is 515. The lowest BCUT2D eigenvalue weighted by atomic mass is 9.99. The van der Waals surface area contributed by atoms with Gasteiger partial charge in [0.25, 0.3) is 0 Å². The summed E-state index contributed by atoms with van der Waals surface area (Å²) in [6.45, 7) is 4.53. The van der Waals surface area contributed by atoms with E-state index in [0.29, 0.717) is 0 Å². The minimum Gasteiger partial charge on any atom is -0.371 e. The van der Waals surface area contributed by atoms with E-state index in [-0.39, 0.29) is 0 Å². The molecule has 1 saturated heterocycles. The van der Waals surface area contributed by atoms with Crippen molar-refractivity contribution < 1.29 is 0 Å². The average molecular weight is 251 g/mol. The van der Waals surface area contributed by atoms with Crippen LogP contribution >= 0.6 is 0 Å². The lowest BCUT2D eigenvalue weighted by molar-refractivity contribution is 0.586. The van der Waals surface area contributed by atoms with E-state index in [1.165, 1.54) is 42.7 Å². The summed E-state index contributed by atoms with van der Waals surface area (Å²) in [5.41, 5.74) is 4.18. The second-order valence-corrected chi connectivity index (χ2v) is 5.63. The molecule has 1 aliphatic rings. The molecular weight excluding hydrogens is 230 g/mol. The van der Waals surface area contributed by atoms with Gasteiger partial charge in [-0.3, -0.25) is 0 Å². The highest BCUT2D eigenvalue weighted by molar-refractivity contribution is 5.48. The normalized spacial score (nSPS) is 18.8. The molecule has 1 aliphatic heterocycles. The molecule has 3 rings (SSSR count). The predicted molar refractivity (Wildman–Crippen MR) is 81.6 cm³/mol. The predicted octanol–water partition coefficient (Wildman–Crippen LogP) is 4.06. The second kappa shape index (κ2) is 5.48. The van der Waals surface area contributed by atoms with Crippen LogP contribution in [0.4, 0.5) is 5.69 Å². The number of rotatable bonds is 3. The molecule has 1 heteroatoms. The molecule has 0 saturated carbocycles. The summed E-state index contributed by atoms with van der Waals surface area (Å²) in [5, 5.41) is 0. The molecule has 0 aliphatic carbocycles. The number of benzene rings is 2. The first kappa shape index (κ1) is 12.3. The molecule has 19 heavy (non-hydrogen) atoms. The molecule has 1 atom stereocenters. The standard InChI is InChI=1S/C18H21N/c1-15-7-9-18(10-8-15)19-12-11-17(14-19)13-16-5-3-2-4-6-16/h2-10,17H,11-14H2,1H3/t17-/m1/s1. The molecule has 0 unspecified atom stereocenters. The van der Waals surface area contributed by atoms with E-state index >= 15 is 0 Å². The minimum atomic E-state index is 0.795. The van der Waals surface area contributed by atoms with Crippen molar-refractivity contribution in [3.05, 3.63) is 65.7 Å². The average Bonchev–Trinajstić information content (AvgIpc) is 2.89. The zero-order chi connectivity index (χ0) is 13.1. The Kier molecular flexibility index (Phi) is 3.54. The fraction of sp³-hybridized carbons (Fsp3) is 0.333. The quantitative estimate of drug-likeness (QED) is 0.795. The first-order chi connectivity index (χ1) is 9.31. The van der Waals surface area contributed by atoms with Gasteiger partial charge in [-0.2, -0.15) is 0 Å². The summed E-state index contributed by atoms with van der Waals surface area (Å²) >= 11 is 0. The van der Waals surface area contributed by atoms with Crippen molar-refractivity contribution in [1.82, 2.24) is 0 Å². The molecule has 0 aromatic heterocycles. The largest absolute Gasteiger partial charge is 0.371 e. The lowest BCUT2D eigenvalue weighted by Crippen LogP contribution is -2.20. The van der Waals surface area contributed by atoms with Gasteiger partial charge in [0.1, 0.15) is 0 Å². The lowest BCUT2D eigenvalue weighted by Gasteiger charge is -2.19. The topological polar surface area (TPSA) is 3.24 Å². The van der Waals surface area contributed by atoms with Gasteiger partial charge >= 0.3 is 0 Å². The summed E-state index contributed by atoms with van der Waals surface area (Å²) in [7, 11) is 0.